The van der Waals surface area contributed by atoms with Gasteiger partial charge in [-0.25, -0.2) is 0 Å². The van der Waals surface area contributed by atoms with Gasteiger partial charge in [0.2, 0.25) is 5.79 Å². The molecule has 2 aliphatic rings. The van der Waals surface area contributed by atoms with Crippen LogP contribution in [0.2, 0.25) is 0 Å². The van der Waals surface area contributed by atoms with Crippen molar-refractivity contribution in [2.75, 3.05) is 20.8 Å². The summed E-state index contributed by atoms with van der Waals surface area (Å²) in [6, 6.07) is 0. The molecule has 0 aromatic heterocycles. The van der Waals surface area contributed by atoms with Crippen LogP contribution in [0.4, 0.5) is 0 Å². The lowest BCUT2D eigenvalue weighted by atomic mass is 9.88. The lowest BCUT2D eigenvalue weighted by Crippen LogP contribution is -2.56. The monoisotopic (exact) mass is 400 g/mol. The van der Waals surface area contributed by atoms with Gasteiger partial charge in [0.15, 0.2) is 6.61 Å². The second-order valence-electron chi connectivity index (χ2n) is 5.40. The number of esters is 1. The summed E-state index contributed by atoms with van der Waals surface area (Å²) in [5, 5.41) is 0.459. The van der Waals surface area contributed by atoms with Gasteiger partial charge in [0.05, 0.1) is 10.1 Å². The molecule has 8 heteroatoms. The van der Waals surface area contributed by atoms with Crippen molar-refractivity contribution in [2.24, 2.45) is 5.92 Å². The lowest BCUT2D eigenvalue weighted by molar-refractivity contribution is -0.218. The normalized spacial score (nSPS) is 34.3. The largest absolute Gasteiger partial charge is 0.453 e. The fraction of sp³-hybridized carbons (Fsp3) is 0.667. The molecule has 0 aromatic rings. The van der Waals surface area contributed by atoms with Gasteiger partial charge in [-0.05, 0) is 6.42 Å². The highest BCUT2D eigenvalue weighted by Gasteiger charge is 2.80. The topological polar surface area (TPSA) is 44.8 Å². The predicted octanol–water partition coefficient (Wildman–Crippen LogP) is 3.61. The maximum atomic E-state index is 10.7. The molecule has 0 N–H and O–H groups in total. The summed E-state index contributed by atoms with van der Waals surface area (Å²) in [4.78, 5) is 8.31. The minimum absolute atomic E-state index is 0.0212. The van der Waals surface area contributed by atoms with Crippen LogP contribution in [-0.4, -0.2) is 42.3 Å². The molecular formula is C15H16Cl4O4. The third-order valence-corrected chi connectivity index (χ3v) is 6.97. The standard InChI is InChI=1S/C15H16Cl4O4/c1-9(20)23-7-5-4-6-10-8-13(18)11(16)12(17)14(10,19)15(13,21-2)22-3/h10H,6-8H2,1-3H3/t10-,13+,14-/m1/s1. The molecule has 0 spiro atoms. The summed E-state index contributed by atoms with van der Waals surface area (Å²) in [5.41, 5.74) is 0. The average Bonchev–Trinajstić information content (AvgIpc) is 2.77. The molecule has 0 aliphatic heterocycles. The molecule has 2 aliphatic carbocycles. The van der Waals surface area contributed by atoms with Crippen molar-refractivity contribution in [3.8, 4) is 11.8 Å². The van der Waals surface area contributed by atoms with Gasteiger partial charge in [-0.3, -0.25) is 4.79 Å². The van der Waals surface area contributed by atoms with Crippen LogP contribution >= 0.6 is 46.4 Å². The number of hydrogen-bond donors (Lipinski definition) is 0. The van der Waals surface area contributed by atoms with Crippen molar-refractivity contribution in [3.05, 3.63) is 10.1 Å². The van der Waals surface area contributed by atoms with E-state index in [9.17, 15) is 4.79 Å². The van der Waals surface area contributed by atoms with Gasteiger partial charge in [-0.1, -0.05) is 35.0 Å². The van der Waals surface area contributed by atoms with Crippen molar-refractivity contribution in [1.29, 1.82) is 0 Å². The number of fused-ring (bicyclic) bond motifs is 2. The summed E-state index contributed by atoms with van der Waals surface area (Å²) >= 11 is 26.2. The van der Waals surface area contributed by atoms with Crippen molar-refractivity contribution in [3.63, 3.8) is 0 Å². The van der Waals surface area contributed by atoms with E-state index >= 15 is 0 Å². The summed E-state index contributed by atoms with van der Waals surface area (Å²) in [5.74, 6) is 3.68. The third-order valence-electron chi connectivity index (χ3n) is 4.35. The molecule has 0 heterocycles. The Hall–Kier alpha value is -0.150. The van der Waals surface area contributed by atoms with Crippen LogP contribution in [0.3, 0.4) is 0 Å². The SMILES string of the molecule is COC1(OC)[C@]2(Cl)C[C@@H](CC#CCOC(C)=O)[C@@]1(Cl)C(Cl)=C2Cl. The highest BCUT2D eigenvalue weighted by molar-refractivity contribution is 6.51. The van der Waals surface area contributed by atoms with Crippen LogP contribution in [0.5, 0.6) is 0 Å². The van der Waals surface area contributed by atoms with Crippen LogP contribution in [0.15, 0.2) is 10.1 Å². The van der Waals surface area contributed by atoms with E-state index in [1.807, 2.05) is 0 Å². The fourth-order valence-corrected chi connectivity index (χ4v) is 5.45. The van der Waals surface area contributed by atoms with Gasteiger partial charge in [0.1, 0.15) is 9.75 Å². The average molecular weight is 402 g/mol. The Morgan fingerprint density at radius 2 is 1.83 bits per heavy atom. The van der Waals surface area contributed by atoms with E-state index < -0.39 is 15.5 Å². The molecule has 2 bridgehead atoms. The van der Waals surface area contributed by atoms with Crippen LogP contribution in [0, 0.1) is 17.8 Å². The molecular weight excluding hydrogens is 386 g/mol. The van der Waals surface area contributed by atoms with Gasteiger partial charge >= 0.3 is 5.97 Å². The van der Waals surface area contributed by atoms with Crippen molar-refractivity contribution in [2.45, 2.75) is 35.3 Å². The predicted molar refractivity (Wildman–Crippen MR) is 89.8 cm³/mol. The Balaban J connectivity index is 2.28. The number of rotatable bonds is 4. The number of ether oxygens (including phenoxy) is 3. The molecule has 0 aromatic carbocycles. The Labute approximate surface area is 155 Å². The zero-order valence-corrected chi connectivity index (χ0v) is 15.9. The summed E-state index contributed by atoms with van der Waals surface area (Å²) in [6.07, 6.45) is 0.783. The number of halogens is 4. The molecule has 1 saturated carbocycles. The zero-order valence-electron chi connectivity index (χ0n) is 12.8. The summed E-state index contributed by atoms with van der Waals surface area (Å²) in [7, 11) is 2.90. The van der Waals surface area contributed by atoms with Crippen LogP contribution in [0.25, 0.3) is 0 Å². The number of hydrogen-bond acceptors (Lipinski definition) is 4. The van der Waals surface area contributed by atoms with Gasteiger partial charge in [-0.15, -0.1) is 23.2 Å². The maximum absolute atomic E-state index is 10.7. The lowest BCUT2D eigenvalue weighted by Gasteiger charge is -2.41. The van der Waals surface area contributed by atoms with Crippen LogP contribution in [-0.2, 0) is 19.0 Å². The highest BCUT2D eigenvalue weighted by atomic mass is 35.5. The van der Waals surface area contributed by atoms with Crippen LogP contribution < -0.4 is 0 Å². The molecule has 2 rings (SSSR count). The van der Waals surface area contributed by atoms with Gasteiger partial charge in [0, 0.05) is 33.5 Å². The molecule has 0 unspecified atom stereocenters. The number of carbonyl (C=O) groups is 1. The zero-order chi connectivity index (χ0) is 17.5. The van der Waals surface area contributed by atoms with Crippen LogP contribution in [0.1, 0.15) is 19.8 Å². The minimum atomic E-state index is -1.38. The van der Waals surface area contributed by atoms with Gasteiger partial charge in [0.25, 0.3) is 0 Å². The third kappa shape index (κ3) is 2.49. The van der Waals surface area contributed by atoms with E-state index in [1.165, 1.54) is 21.1 Å². The Morgan fingerprint density at radius 1 is 1.22 bits per heavy atom. The first kappa shape index (κ1) is 19.2. The first-order valence-corrected chi connectivity index (χ1v) is 8.36. The van der Waals surface area contributed by atoms with Gasteiger partial charge < -0.3 is 14.2 Å². The van der Waals surface area contributed by atoms with Crippen molar-refractivity contribution >= 4 is 52.4 Å². The second-order valence-corrected chi connectivity index (χ2v) is 7.40. The molecule has 0 saturated heterocycles. The quantitative estimate of drug-likeness (QED) is 0.312. The number of methoxy groups -OCH3 is 2. The Morgan fingerprint density at radius 3 is 2.30 bits per heavy atom. The summed E-state index contributed by atoms with van der Waals surface area (Å²) in [6.45, 7) is 1.34. The van der Waals surface area contributed by atoms with E-state index in [0.717, 1.165) is 0 Å². The first-order chi connectivity index (χ1) is 10.7. The van der Waals surface area contributed by atoms with E-state index in [1.54, 1.807) is 0 Å². The smallest absolute Gasteiger partial charge is 0.303 e. The molecule has 128 valence electrons. The second kappa shape index (κ2) is 6.63. The number of carbonyl (C=O) groups excluding carboxylic acids is 1. The highest BCUT2D eigenvalue weighted by Crippen LogP contribution is 2.72. The van der Waals surface area contributed by atoms with Crippen molar-refractivity contribution < 1.29 is 19.0 Å². The Bertz CT molecular complexity index is 604. The maximum Gasteiger partial charge on any atom is 0.303 e. The molecule has 0 amide bonds. The minimum Gasteiger partial charge on any atom is -0.453 e. The molecule has 4 nitrogen and oxygen atoms in total. The number of alkyl halides is 2. The van der Waals surface area contributed by atoms with Crippen molar-refractivity contribution in [1.82, 2.24) is 0 Å². The van der Waals surface area contributed by atoms with E-state index in [0.29, 0.717) is 12.8 Å². The summed E-state index contributed by atoms with van der Waals surface area (Å²) < 4.78 is 15.9. The van der Waals surface area contributed by atoms with E-state index in [2.05, 4.69) is 11.8 Å². The van der Waals surface area contributed by atoms with Gasteiger partial charge in [-0.2, -0.15) is 0 Å². The fourth-order valence-electron chi connectivity index (χ4n) is 3.36. The molecule has 23 heavy (non-hydrogen) atoms. The Kier molecular flexibility index (Phi) is 5.53. The first-order valence-electron chi connectivity index (χ1n) is 6.84. The van der Waals surface area contributed by atoms with E-state index in [-0.39, 0.29) is 28.6 Å². The molecule has 0 radical (unpaired) electrons. The molecule has 1 fully saturated rings. The molecule has 3 atom stereocenters. The van der Waals surface area contributed by atoms with E-state index in [4.69, 9.17) is 60.6 Å².